The van der Waals surface area contributed by atoms with Crippen LogP contribution in [-0.2, 0) is 0 Å². The lowest BCUT2D eigenvalue weighted by molar-refractivity contribution is 0.0589. The summed E-state index contributed by atoms with van der Waals surface area (Å²) in [6, 6.07) is 5.49. The third kappa shape index (κ3) is 2.83. The molecule has 4 nitrogen and oxygen atoms in total. The Bertz CT molecular complexity index is 473. The molecule has 2 rings (SSSR count). The van der Waals surface area contributed by atoms with E-state index >= 15 is 0 Å². The molecule has 1 aliphatic heterocycles. The number of nitrogen functional groups attached to an aromatic ring is 1. The van der Waals surface area contributed by atoms with Gasteiger partial charge in [0.05, 0.1) is 12.7 Å². The summed E-state index contributed by atoms with van der Waals surface area (Å²) >= 11 is 0. The van der Waals surface area contributed by atoms with Gasteiger partial charge in [-0.2, -0.15) is 0 Å². The van der Waals surface area contributed by atoms with Crippen molar-refractivity contribution in [3.63, 3.8) is 0 Å². The topological polar surface area (TPSA) is 55.6 Å². The van der Waals surface area contributed by atoms with Gasteiger partial charge in [0.25, 0.3) is 5.91 Å². The normalized spacial score (nSPS) is 23.2. The molecule has 1 fully saturated rings. The maximum atomic E-state index is 12.6. The number of hydrogen-bond donors (Lipinski definition) is 1. The van der Waals surface area contributed by atoms with Crippen molar-refractivity contribution in [3.05, 3.63) is 23.8 Å². The Morgan fingerprint density at radius 1 is 1.42 bits per heavy atom. The standard InChI is InChI=1S/C15H22N2O2/c1-10-6-7-17(11(2)8-10)15(18)13-9-12(19-3)4-5-14(13)16/h4-5,9-11H,6-8,16H2,1-3H3. The second kappa shape index (κ2) is 5.51. The summed E-state index contributed by atoms with van der Waals surface area (Å²) in [5, 5.41) is 0. The first-order valence-corrected chi connectivity index (χ1v) is 6.77. The van der Waals surface area contributed by atoms with Gasteiger partial charge in [0, 0.05) is 18.3 Å². The number of hydrogen-bond acceptors (Lipinski definition) is 3. The zero-order chi connectivity index (χ0) is 14.0. The molecule has 104 valence electrons. The van der Waals surface area contributed by atoms with Crippen LogP contribution in [0, 0.1) is 5.92 Å². The second-order valence-corrected chi connectivity index (χ2v) is 5.43. The van der Waals surface area contributed by atoms with Gasteiger partial charge in [-0.25, -0.2) is 0 Å². The maximum Gasteiger partial charge on any atom is 0.256 e. The van der Waals surface area contributed by atoms with E-state index in [2.05, 4.69) is 13.8 Å². The third-order valence-corrected chi connectivity index (χ3v) is 3.89. The first kappa shape index (κ1) is 13.7. The van der Waals surface area contributed by atoms with Crippen molar-refractivity contribution in [3.8, 4) is 5.75 Å². The molecule has 0 saturated carbocycles. The Hall–Kier alpha value is -1.71. The van der Waals surface area contributed by atoms with Crippen molar-refractivity contribution < 1.29 is 9.53 Å². The molecule has 2 N–H and O–H groups in total. The number of anilines is 1. The molecule has 0 aromatic heterocycles. The molecule has 1 aromatic carbocycles. The Labute approximate surface area is 114 Å². The van der Waals surface area contributed by atoms with Crippen LogP contribution in [0.5, 0.6) is 5.75 Å². The van der Waals surface area contributed by atoms with Crippen LogP contribution in [0.1, 0.15) is 37.0 Å². The highest BCUT2D eigenvalue weighted by Gasteiger charge is 2.28. The average molecular weight is 262 g/mol. The fourth-order valence-electron chi connectivity index (χ4n) is 2.71. The molecule has 1 saturated heterocycles. The predicted octanol–water partition coefficient (Wildman–Crippen LogP) is 2.54. The fraction of sp³-hybridized carbons (Fsp3) is 0.533. The van der Waals surface area contributed by atoms with Gasteiger partial charge in [-0.05, 0) is 43.9 Å². The van der Waals surface area contributed by atoms with E-state index in [1.54, 1.807) is 25.3 Å². The van der Waals surface area contributed by atoms with Crippen molar-refractivity contribution in [1.82, 2.24) is 4.90 Å². The van der Waals surface area contributed by atoms with Crippen molar-refractivity contribution in [2.75, 3.05) is 19.4 Å². The average Bonchev–Trinajstić information content (AvgIpc) is 2.38. The van der Waals surface area contributed by atoms with Gasteiger partial charge in [-0.1, -0.05) is 6.92 Å². The van der Waals surface area contributed by atoms with Gasteiger partial charge in [0.15, 0.2) is 0 Å². The van der Waals surface area contributed by atoms with Crippen molar-refractivity contribution >= 4 is 11.6 Å². The highest BCUT2D eigenvalue weighted by atomic mass is 16.5. The second-order valence-electron chi connectivity index (χ2n) is 5.43. The van der Waals surface area contributed by atoms with Crippen LogP contribution in [0.4, 0.5) is 5.69 Å². The molecule has 0 radical (unpaired) electrons. The van der Waals surface area contributed by atoms with E-state index in [4.69, 9.17) is 10.5 Å². The molecule has 1 amide bonds. The highest BCUT2D eigenvalue weighted by Crippen LogP contribution is 2.27. The summed E-state index contributed by atoms with van der Waals surface area (Å²) in [5.74, 6) is 1.35. The minimum atomic E-state index is 0.0100. The molecule has 2 atom stereocenters. The van der Waals surface area contributed by atoms with Crippen LogP contribution in [-0.4, -0.2) is 30.5 Å². The van der Waals surface area contributed by atoms with Gasteiger partial charge in [-0.3, -0.25) is 4.79 Å². The zero-order valence-electron chi connectivity index (χ0n) is 11.8. The van der Waals surface area contributed by atoms with Crippen molar-refractivity contribution in [2.24, 2.45) is 5.92 Å². The Kier molecular flexibility index (Phi) is 3.98. The van der Waals surface area contributed by atoms with Gasteiger partial charge in [0.2, 0.25) is 0 Å². The number of carbonyl (C=O) groups is 1. The zero-order valence-corrected chi connectivity index (χ0v) is 11.8. The molecule has 4 heteroatoms. The Balaban J connectivity index is 2.24. The first-order chi connectivity index (χ1) is 9.02. The minimum Gasteiger partial charge on any atom is -0.497 e. The third-order valence-electron chi connectivity index (χ3n) is 3.89. The summed E-state index contributed by atoms with van der Waals surface area (Å²) in [4.78, 5) is 14.5. The number of ether oxygens (including phenoxy) is 1. The van der Waals surface area contributed by atoms with E-state index in [9.17, 15) is 4.79 Å². The largest absolute Gasteiger partial charge is 0.497 e. The lowest BCUT2D eigenvalue weighted by Crippen LogP contribution is -2.44. The number of rotatable bonds is 2. The van der Waals surface area contributed by atoms with Crippen molar-refractivity contribution in [1.29, 1.82) is 0 Å². The van der Waals surface area contributed by atoms with E-state index in [0.717, 1.165) is 19.4 Å². The number of nitrogens with zero attached hydrogens (tertiary/aromatic N) is 1. The molecule has 2 unspecified atom stereocenters. The van der Waals surface area contributed by atoms with Gasteiger partial charge in [0.1, 0.15) is 5.75 Å². The quantitative estimate of drug-likeness (QED) is 0.833. The molecule has 1 aromatic rings. The number of benzene rings is 1. The molecule has 0 bridgehead atoms. The molecule has 1 heterocycles. The molecule has 1 aliphatic rings. The number of likely N-dealkylation sites (tertiary alicyclic amines) is 1. The van der Waals surface area contributed by atoms with E-state index < -0.39 is 0 Å². The summed E-state index contributed by atoms with van der Waals surface area (Å²) in [6.45, 7) is 5.14. The monoisotopic (exact) mass is 262 g/mol. The van der Waals surface area contributed by atoms with Crippen molar-refractivity contribution in [2.45, 2.75) is 32.7 Å². The van der Waals surface area contributed by atoms with Crippen LogP contribution in [0.15, 0.2) is 18.2 Å². The number of methoxy groups -OCH3 is 1. The van der Waals surface area contributed by atoms with Crippen LogP contribution in [0.25, 0.3) is 0 Å². The van der Waals surface area contributed by atoms with Crippen LogP contribution in [0.3, 0.4) is 0 Å². The lowest BCUT2D eigenvalue weighted by Gasteiger charge is -2.36. The Morgan fingerprint density at radius 3 is 2.79 bits per heavy atom. The number of piperidine rings is 1. The minimum absolute atomic E-state index is 0.0100. The number of nitrogens with two attached hydrogens (primary N) is 1. The maximum absolute atomic E-state index is 12.6. The van der Waals surface area contributed by atoms with E-state index in [-0.39, 0.29) is 11.9 Å². The number of carbonyl (C=O) groups excluding carboxylic acids is 1. The fourth-order valence-corrected chi connectivity index (χ4v) is 2.71. The van der Waals surface area contributed by atoms with Gasteiger partial charge in [-0.15, -0.1) is 0 Å². The molecule has 19 heavy (non-hydrogen) atoms. The SMILES string of the molecule is COc1ccc(N)c(C(=O)N2CCC(C)CC2C)c1. The summed E-state index contributed by atoms with van der Waals surface area (Å²) in [5.41, 5.74) is 6.97. The van der Waals surface area contributed by atoms with Gasteiger partial charge < -0.3 is 15.4 Å². The lowest BCUT2D eigenvalue weighted by atomic mass is 9.92. The number of amides is 1. The van der Waals surface area contributed by atoms with Crippen LogP contribution < -0.4 is 10.5 Å². The molecular weight excluding hydrogens is 240 g/mol. The molecular formula is C15H22N2O2. The van der Waals surface area contributed by atoms with E-state index in [1.807, 2.05) is 4.90 Å². The first-order valence-electron chi connectivity index (χ1n) is 6.77. The van der Waals surface area contributed by atoms with Crippen LogP contribution in [0.2, 0.25) is 0 Å². The van der Waals surface area contributed by atoms with E-state index in [0.29, 0.717) is 22.9 Å². The smallest absolute Gasteiger partial charge is 0.256 e. The predicted molar refractivity (Wildman–Crippen MR) is 76.3 cm³/mol. The summed E-state index contributed by atoms with van der Waals surface area (Å²) in [6.07, 6.45) is 2.11. The van der Waals surface area contributed by atoms with Gasteiger partial charge >= 0.3 is 0 Å². The van der Waals surface area contributed by atoms with E-state index in [1.165, 1.54) is 0 Å². The summed E-state index contributed by atoms with van der Waals surface area (Å²) < 4.78 is 5.16. The van der Waals surface area contributed by atoms with Crippen LogP contribution >= 0.6 is 0 Å². The highest BCUT2D eigenvalue weighted by molar-refractivity contribution is 5.99. The molecule has 0 spiro atoms. The molecule has 0 aliphatic carbocycles. The summed E-state index contributed by atoms with van der Waals surface area (Å²) in [7, 11) is 1.59. The Morgan fingerprint density at radius 2 is 2.16 bits per heavy atom.